The first-order chi connectivity index (χ1) is 8.61. The Morgan fingerprint density at radius 2 is 2.22 bits per heavy atom. The van der Waals surface area contributed by atoms with E-state index in [0.29, 0.717) is 6.42 Å². The van der Waals surface area contributed by atoms with E-state index in [2.05, 4.69) is 45.1 Å². The van der Waals surface area contributed by atoms with Gasteiger partial charge in [0.1, 0.15) is 12.2 Å². The molecule has 1 atom stereocenters. The molecule has 0 aliphatic heterocycles. The third-order valence-electron chi connectivity index (χ3n) is 2.95. The van der Waals surface area contributed by atoms with E-state index in [1.165, 1.54) is 5.56 Å². The summed E-state index contributed by atoms with van der Waals surface area (Å²) in [5.41, 5.74) is 8.59. The molecule has 1 aromatic carbocycles. The summed E-state index contributed by atoms with van der Waals surface area (Å²) in [7, 11) is 0. The highest BCUT2D eigenvalue weighted by Crippen LogP contribution is 2.25. The summed E-state index contributed by atoms with van der Waals surface area (Å²) in [6, 6.07) is 6.14. The zero-order valence-corrected chi connectivity index (χ0v) is 12.2. The van der Waals surface area contributed by atoms with Crippen molar-refractivity contribution >= 4 is 15.9 Å². The molecule has 96 valence electrons. The molecular formula is C13H17BrN4. The molecule has 0 aliphatic rings. The minimum Gasteiger partial charge on any atom is -0.324 e. The highest BCUT2D eigenvalue weighted by atomic mass is 79.9. The molecule has 0 saturated carbocycles. The zero-order valence-electron chi connectivity index (χ0n) is 10.6. The molecule has 2 aromatic rings. The van der Waals surface area contributed by atoms with Crippen molar-refractivity contribution in [3.05, 3.63) is 46.0 Å². The van der Waals surface area contributed by atoms with E-state index < -0.39 is 0 Å². The van der Waals surface area contributed by atoms with E-state index >= 15 is 0 Å². The van der Waals surface area contributed by atoms with Crippen LogP contribution in [0.1, 0.15) is 29.9 Å². The fraction of sp³-hybridized carbons (Fsp3) is 0.385. The molecule has 1 heterocycles. The van der Waals surface area contributed by atoms with Gasteiger partial charge in [0.15, 0.2) is 0 Å². The van der Waals surface area contributed by atoms with Gasteiger partial charge in [0.2, 0.25) is 0 Å². The summed E-state index contributed by atoms with van der Waals surface area (Å²) in [4.78, 5) is 4.26. The van der Waals surface area contributed by atoms with Crippen molar-refractivity contribution in [1.29, 1.82) is 0 Å². The van der Waals surface area contributed by atoms with Crippen molar-refractivity contribution in [3.8, 4) is 0 Å². The van der Waals surface area contributed by atoms with Gasteiger partial charge in [-0.15, -0.1) is 0 Å². The lowest BCUT2D eigenvalue weighted by Crippen LogP contribution is -2.17. The first-order valence-electron chi connectivity index (χ1n) is 6.00. The topological polar surface area (TPSA) is 56.7 Å². The molecule has 0 spiro atoms. The molecule has 0 bridgehead atoms. The Kier molecular flexibility index (Phi) is 4.14. The maximum Gasteiger partial charge on any atom is 0.138 e. The molecule has 1 aromatic heterocycles. The first-order valence-corrected chi connectivity index (χ1v) is 6.79. The van der Waals surface area contributed by atoms with E-state index in [1.807, 2.05) is 17.7 Å². The molecular weight excluding hydrogens is 292 g/mol. The second kappa shape index (κ2) is 5.63. The average molecular weight is 309 g/mol. The lowest BCUT2D eigenvalue weighted by atomic mass is 10.0. The van der Waals surface area contributed by atoms with Gasteiger partial charge in [0.05, 0.1) is 0 Å². The second-order valence-electron chi connectivity index (χ2n) is 4.33. The SMILES string of the molecule is CCn1ncnc1CC(N)c1cc(C)ccc1Br. The molecule has 4 nitrogen and oxygen atoms in total. The molecule has 0 aliphatic carbocycles. The molecule has 0 radical (unpaired) electrons. The average Bonchev–Trinajstić information content (AvgIpc) is 2.79. The molecule has 0 fully saturated rings. The van der Waals surface area contributed by atoms with Crippen LogP contribution in [0.2, 0.25) is 0 Å². The summed E-state index contributed by atoms with van der Waals surface area (Å²) >= 11 is 3.55. The van der Waals surface area contributed by atoms with E-state index in [4.69, 9.17) is 5.73 Å². The van der Waals surface area contributed by atoms with Crippen LogP contribution in [0.5, 0.6) is 0 Å². The van der Waals surface area contributed by atoms with Crippen LogP contribution in [0.4, 0.5) is 0 Å². The fourth-order valence-corrected chi connectivity index (χ4v) is 2.50. The molecule has 0 saturated heterocycles. The molecule has 2 N–H and O–H groups in total. The number of aromatic nitrogens is 3. The minimum atomic E-state index is -0.0752. The Hall–Kier alpha value is -1.20. The van der Waals surface area contributed by atoms with Crippen LogP contribution in [0.15, 0.2) is 29.0 Å². The van der Waals surface area contributed by atoms with Gasteiger partial charge < -0.3 is 5.73 Å². The van der Waals surface area contributed by atoms with Crippen LogP contribution in [-0.4, -0.2) is 14.8 Å². The zero-order chi connectivity index (χ0) is 13.1. The second-order valence-corrected chi connectivity index (χ2v) is 5.18. The van der Waals surface area contributed by atoms with Gasteiger partial charge in [-0.25, -0.2) is 4.98 Å². The van der Waals surface area contributed by atoms with E-state index in [0.717, 1.165) is 22.4 Å². The quantitative estimate of drug-likeness (QED) is 0.944. The van der Waals surface area contributed by atoms with Crippen molar-refractivity contribution < 1.29 is 0 Å². The Morgan fingerprint density at radius 3 is 2.94 bits per heavy atom. The van der Waals surface area contributed by atoms with Crippen molar-refractivity contribution in [1.82, 2.24) is 14.8 Å². The number of hydrogen-bond acceptors (Lipinski definition) is 3. The maximum atomic E-state index is 6.27. The number of nitrogens with zero attached hydrogens (tertiary/aromatic N) is 3. The molecule has 18 heavy (non-hydrogen) atoms. The molecule has 0 amide bonds. The lowest BCUT2D eigenvalue weighted by molar-refractivity contribution is 0.580. The summed E-state index contributed by atoms with van der Waals surface area (Å²) in [6.45, 7) is 4.93. The van der Waals surface area contributed by atoms with Crippen molar-refractivity contribution in [2.24, 2.45) is 5.73 Å². The van der Waals surface area contributed by atoms with Gasteiger partial charge in [-0.2, -0.15) is 5.10 Å². The smallest absolute Gasteiger partial charge is 0.138 e. The Balaban J connectivity index is 2.21. The monoisotopic (exact) mass is 308 g/mol. The first kappa shape index (κ1) is 13.2. The van der Waals surface area contributed by atoms with E-state index in [1.54, 1.807) is 6.33 Å². The lowest BCUT2D eigenvalue weighted by Gasteiger charge is -2.14. The Labute approximate surface area is 115 Å². The van der Waals surface area contributed by atoms with Crippen LogP contribution < -0.4 is 5.73 Å². The van der Waals surface area contributed by atoms with Gasteiger partial charge in [-0.3, -0.25) is 4.68 Å². The highest BCUT2D eigenvalue weighted by molar-refractivity contribution is 9.10. The Morgan fingerprint density at radius 1 is 1.44 bits per heavy atom. The fourth-order valence-electron chi connectivity index (χ4n) is 1.96. The van der Waals surface area contributed by atoms with Crippen LogP contribution >= 0.6 is 15.9 Å². The van der Waals surface area contributed by atoms with Gasteiger partial charge >= 0.3 is 0 Å². The van der Waals surface area contributed by atoms with Crippen LogP contribution in [0.3, 0.4) is 0 Å². The Bertz CT molecular complexity index is 536. The molecule has 1 unspecified atom stereocenters. The summed E-state index contributed by atoms with van der Waals surface area (Å²) < 4.78 is 2.92. The number of aryl methyl sites for hydroxylation is 2. The van der Waals surface area contributed by atoms with Crippen molar-refractivity contribution in [2.45, 2.75) is 32.9 Å². The summed E-state index contributed by atoms with van der Waals surface area (Å²) in [6.07, 6.45) is 2.27. The summed E-state index contributed by atoms with van der Waals surface area (Å²) in [5, 5.41) is 4.16. The number of hydrogen-bond donors (Lipinski definition) is 1. The standard InChI is InChI=1S/C13H17BrN4/c1-3-18-13(16-8-17-18)7-12(15)10-6-9(2)4-5-11(10)14/h4-6,8,12H,3,7,15H2,1-2H3. The minimum absolute atomic E-state index is 0.0752. The van der Waals surface area contributed by atoms with Gasteiger partial charge in [0, 0.05) is 23.5 Å². The van der Waals surface area contributed by atoms with Crippen molar-refractivity contribution in [2.75, 3.05) is 0 Å². The number of nitrogens with two attached hydrogens (primary N) is 1. The van der Waals surface area contributed by atoms with Gasteiger partial charge in [-0.05, 0) is 25.5 Å². The molecule has 2 rings (SSSR count). The summed E-state index contributed by atoms with van der Waals surface area (Å²) in [5.74, 6) is 0.929. The maximum absolute atomic E-state index is 6.27. The highest BCUT2D eigenvalue weighted by Gasteiger charge is 2.14. The number of benzene rings is 1. The predicted octanol–water partition coefficient (Wildman–Crippen LogP) is 2.61. The van der Waals surface area contributed by atoms with Crippen molar-refractivity contribution in [3.63, 3.8) is 0 Å². The number of rotatable bonds is 4. The normalized spacial score (nSPS) is 12.7. The van der Waals surface area contributed by atoms with Crippen LogP contribution in [0, 0.1) is 6.92 Å². The van der Waals surface area contributed by atoms with E-state index in [-0.39, 0.29) is 6.04 Å². The van der Waals surface area contributed by atoms with Crippen LogP contribution in [-0.2, 0) is 13.0 Å². The molecule has 5 heteroatoms. The third-order valence-corrected chi connectivity index (χ3v) is 3.67. The largest absolute Gasteiger partial charge is 0.324 e. The van der Waals surface area contributed by atoms with E-state index in [9.17, 15) is 0 Å². The third kappa shape index (κ3) is 2.79. The van der Waals surface area contributed by atoms with Gasteiger partial charge in [-0.1, -0.05) is 33.6 Å². The van der Waals surface area contributed by atoms with Gasteiger partial charge in [0.25, 0.3) is 0 Å². The van der Waals surface area contributed by atoms with Crippen LogP contribution in [0.25, 0.3) is 0 Å². The predicted molar refractivity (Wildman–Crippen MR) is 75.2 cm³/mol. The number of halogens is 1.